The van der Waals surface area contributed by atoms with Crippen LogP contribution >= 0.6 is 0 Å². The molecule has 0 spiro atoms. The number of primary amides is 1. The lowest BCUT2D eigenvalue weighted by molar-refractivity contribution is -0.144. The van der Waals surface area contributed by atoms with Crippen molar-refractivity contribution in [2.45, 2.75) is 13.0 Å². The fourth-order valence-electron chi connectivity index (χ4n) is 2.20. The van der Waals surface area contributed by atoms with Crippen molar-refractivity contribution in [3.05, 3.63) is 24.0 Å². The summed E-state index contributed by atoms with van der Waals surface area (Å²) >= 11 is 0. The van der Waals surface area contributed by atoms with E-state index in [0.29, 0.717) is 19.7 Å². The predicted molar refractivity (Wildman–Crippen MR) is 73.4 cm³/mol. The van der Waals surface area contributed by atoms with Crippen LogP contribution in [0.25, 0.3) is 0 Å². The molecule has 1 amide bonds. The number of hydrogen-bond acceptors (Lipinski definition) is 6. The van der Waals surface area contributed by atoms with Gasteiger partial charge in [-0.2, -0.15) is 0 Å². The number of ether oxygens (including phenoxy) is 1. The number of aromatic nitrogens is 1. The number of esters is 1. The van der Waals surface area contributed by atoms with Crippen LogP contribution in [0.3, 0.4) is 0 Å². The molecule has 0 radical (unpaired) electrons. The van der Waals surface area contributed by atoms with Gasteiger partial charge in [0.25, 0.3) is 5.91 Å². The monoisotopic (exact) mass is 278 g/mol. The van der Waals surface area contributed by atoms with Gasteiger partial charge in [-0.25, -0.2) is 4.79 Å². The average molecular weight is 278 g/mol. The van der Waals surface area contributed by atoms with Crippen LogP contribution in [0.4, 0.5) is 5.69 Å². The number of nitrogens with two attached hydrogens (primary N) is 1. The third-order valence-corrected chi connectivity index (χ3v) is 3.13. The van der Waals surface area contributed by atoms with Gasteiger partial charge in [0, 0.05) is 31.5 Å². The molecular formula is C13H18N4O3. The van der Waals surface area contributed by atoms with Crippen LogP contribution < -0.4 is 16.0 Å². The van der Waals surface area contributed by atoms with Crippen molar-refractivity contribution in [3.8, 4) is 0 Å². The minimum Gasteiger partial charge on any atom is -0.464 e. The van der Waals surface area contributed by atoms with Crippen molar-refractivity contribution >= 4 is 17.6 Å². The number of rotatable bonds is 4. The molecule has 1 aliphatic heterocycles. The third-order valence-electron chi connectivity index (χ3n) is 3.13. The predicted octanol–water partition coefficient (Wildman–Crippen LogP) is -0.478. The Morgan fingerprint density at radius 3 is 3.10 bits per heavy atom. The maximum atomic E-state index is 12.0. The Kier molecular flexibility index (Phi) is 4.52. The molecule has 1 aromatic heterocycles. The SMILES string of the molecule is CCOC(=O)C1CNCCN1c1ccnc(C(N)=O)c1. The molecule has 0 aromatic carbocycles. The third kappa shape index (κ3) is 3.05. The van der Waals surface area contributed by atoms with Gasteiger partial charge >= 0.3 is 5.97 Å². The van der Waals surface area contributed by atoms with Gasteiger partial charge in [0.05, 0.1) is 6.61 Å². The Morgan fingerprint density at radius 1 is 1.60 bits per heavy atom. The van der Waals surface area contributed by atoms with Gasteiger partial charge in [0.2, 0.25) is 0 Å². The number of hydrogen-bond donors (Lipinski definition) is 2. The number of pyridine rings is 1. The van der Waals surface area contributed by atoms with Crippen molar-refractivity contribution in [2.24, 2.45) is 5.73 Å². The van der Waals surface area contributed by atoms with E-state index in [0.717, 1.165) is 12.2 Å². The van der Waals surface area contributed by atoms with Gasteiger partial charge in [0.1, 0.15) is 11.7 Å². The van der Waals surface area contributed by atoms with E-state index in [1.54, 1.807) is 19.1 Å². The van der Waals surface area contributed by atoms with E-state index in [-0.39, 0.29) is 11.7 Å². The molecule has 1 atom stereocenters. The van der Waals surface area contributed by atoms with Crippen LogP contribution in [0.15, 0.2) is 18.3 Å². The lowest BCUT2D eigenvalue weighted by atomic mass is 10.1. The number of anilines is 1. The molecule has 1 fully saturated rings. The van der Waals surface area contributed by atoms with Crippen LogP contribution in [0.1, 0.15) is 17.4 Å². The zero-order valence-electron chi connectivity index (χ0n) is 11.3. The Morgan fingerprint density at radius 2 is 2.40 bits per heavy atom. The molecule has 2 rings (SSSR count). The molecule has 1 aromatic rings. The molecule has 0 saturated carbocycles. The van der Waals surface area contributed by atoms with Gasteiger partial charge in [-0.3, -0.25) is 9.78 Å². The average Bonchev–Trinajstić information content (AvgIpc) is 2.47. The Hall–Kier alpha value is -2.15. The Balaban J connectivity index is 2.25. The number of amides is 1. The highest BCUT2D eigenvalue weighted by atomic mass is 16.5. The second-order valence-electron chi connectivity index (χ2n) is 4.43. The van der Waals surface area contributed by atoms with E-state index in [1.165, 1.54) is 6.20 Å². The normalized spacial score (nSPS) is 18.6. The van der Waals surface area contributed by atoms with E-state index >= 15 is 0 Å². The Labute approximate surface area is 117 Å². The highest BCUT2D eigenvalue weighted by Gasteiger charge is 2.30. The highest BCUT2D eigenvalue weighted by Crippen LogP contribution is 2.19. The topological polar surface area (TPSA) is 97.6 Å². The molecule has 7 heteroatoms. The fourth-order valence-corrected chi connectivity index (χ4v) is 2.20. The zero-order valence-corrected chi connectivity index (χ0v) is 11.3. The molecule has 3 N–H and O–H groups in total. The molecule has 0 bridgehead atoms. The molecule has 1 unspecified atom stereocenters. The summed E-state index contributed by atoms with van der Waals surface area (Å²) in [6.45, 7) is 4.02. The van der Waals surface area contributed by atoms with Gasteiger partial charge < -0.3 is 20.7 Å². The maximum Gasteiger partial charge on any atom is 0.330 e. The van der Waals surface area contributed by atoms with Gasteiger partial charge in [-0.15, -0.1) is 0 Å². The quantitative estimate of drug-likeness (QED) is 0.722. The minimum atomic E-state index is -0.588. The Bertz CT molecular complexity index is 506. The molecule has 0 aliphatic carbocycles. The minimum absolute atomic E-state index is 0.184. The number of carbonyl (C=O) groups is 2. The van der Waals surface area contributed by atoms with E-state index in [4.69, 9.17) is 10.5 Å². The van der Waals surface area contributed by atoms with Crippen LogP contribution in [0.5, 0.6) is 0 Å². The molecule has 108 valence electrons. The van der Waals surface area contributed by atoms with Crippen molar-refractivity contribution < 1.29 is 14.3 Å². The van der Waals surface area contributed by atoms with Crippen LogP contribution in [-0.4, -0.2) is 49.1 Å². The van der Waals surface area contributed by atoms with Crippen molar-refractivity contribution in [1.82, 2.24) is 10.3 Å². The second-order valence-corrected chi connectivity index (χ2v) is 4.43. The smallest absolute Gasteiger partial charge is 0.330 e. The lowest BCUT2D eigenvalue weighted by Crippen LogP contribution is -2.55. The first kappa shape index (κ1) is 14.3. The fraction of sp³-hybridized carbons (Fsp3) is 0.462. The van der Waals surface area contributed by atoms with Gasteiger partial charge in [-0.1, -0.05) is 0 Å². The number of carbonyl (C=O) groups excluding carboxylic acids is 2. The van der Waals surface area contributed by atoms with E-state index < -0.39 is 11.9 Å². The molecule has 20 heavy (non-hydrogen) atoms. The molecule has 2 heterocycles. The summed E-state index contributed by atoms with van der Waals surface area (Å²) < 4.78 is 5.08. The van der Waals surface area contributed by atoms with Gasteiger partial charge in [0.15, 0.2) is 0 Å². The zero-order chi connectivity index (χ0) is 14.5. The first-order valence-electron chi connectivity index (χ1n) is 6.53. The number of nitrogens with zero attached hydrogens (tertiary/aromatic N) is 2. The van der Waals surface area contributed by atoms with E-state index in [1.807, 2.05) is 4.90 Å². The van der Waals surface area contributed by atoms with E-state index in [2.05, 4.69) is 10.3 Å². The maximum absolute atomic E-state index is 12.0. The first-order chi connectivity index (χ1) is 9.63. The summed E-state index contributed by atoms with van der Waals surface area (Å²) in [6, 6.07) is 2.94. The molecule has 1 aliphatic rings. The van der Waals surface area contributed by atoms with Crippen molar-refractivity contribution in [1.29, 1.82) is 0 Å². The van der Waals surface area contributed by atoms with Crippen LogP contribution in [0, 0.1) is 0 Å². The highest BCUT2D eigenvalue weighted by molar-refractivity contribution is 5.92. The van der Waals surface area contributed by atoms with Gasteiger partial charge in [-0.05, 0) is 19.1 Å². The molecule has 7 nitrogen and oxygen atoms in total. The second kappa shape index (κ2) is 6.33. The standard InChI is InChI=1S/C13H18N4O3/c1-2-20-13(19)11-8-15-5-6-17(11)9-3-4-16-10(7-9)12(14)18/h3-4,7,11,15H,2,5-6,8H2,1H3,(H2,14,18). The first-order valence-corrected chi connectivity index (χ1v) is 6.53. The lowest BCUT2D eigenvalue weighted by Gasteiger charge is -2.36. The van der Waals surface area contributed by atoms with Crippen LogP contribution in [-0.2, 0) is 9.53 Å². The summed E-state index contributed by atoms with van der Waals surface area (Å²) in [7, 11) is 0. The number of piperazine rings is 1. The van der Waals surface area contributed by atoms with E-state index in [9.17, 15) is 9.59 Å². The summed E-state index contributed by atoms with van der Waals surface area (Å²) in [5, 5.41) is 3.16. The molecule has 1 saturated heterocycles. The number of nitrogens with one attached hydrogen (secondary N) is 1. The van der Waals surface area contributed by atoms with Crippen molar-refractivity contribution in [2.75, 3.05) is 31.1 Å². The van der Waals surface area contributed by atoms with Crippen molar-refractivity contribution in [3.63, 3.8) is 0 Å². The summed E-state index contributed by atoms with van der Waals surface area (Å²) in [6.07, 6.45) is 1.51. The summed E-state index contributed by atoms with van der Waals surface area (Å²) in [4.78, 5) is 29.0. The molecular weight excluding hydrogens is 260 g/mol. The largest absolute Gasteiger partial charge is 0.464 e. The van der Waals surface area contributed by atoms with Crippen LogP contribution in [0.2, 0.25) is 0 Å². The summed E-state index contributed by atoms with van der Waals surface area (Å²) in [5.41, 5.74) is 6.16. The summed E-state index contributed by atoms with van der Waals surface area (Å²) in [5.74, 6) is -0.869.